The van der Waals surface area contributed by atoms with Crippen molar-refractivity contribution < 1.29 is 9.53 Å². The number of thioether (sulfide) groups is 1. The Hall–Kier alpha value is -2.72. The lowest BCUT2D eigenvalue weighted by Gasteiger charge is -2.27. The number of amides is 1. The Kier molecular flexibility index (Phi) is 5.68. The summed E-state index contributed by atoms with van der Waals surface area (Å²) >= 11 is 1.45. The van der Waals surface area contributed by atoms with Gasteiger partial charge in [-0.25, -0.2) is 19.6 Å². The van der Waals surface area contributed by atoms with Crippen LogP contribution in [0.15, 0.2) is 35.9 Å². The third-order valence-electron chi connectivity index (χ3n) is 4.54. The molecule has 1 N–H and O–H groups in total. The SMILES string of the molecule is CSc1ncccc1C(=O)NCCn1ncc2c(N3CCOCC3)ncnc21. The molecule has 4 rings (SSSR count). The molecule has 28 heavy (non-hydrogen) atoms. The second-order valence-electron chi connectivity index (χ2n) is 6.22. The zero-order chi connectivity index (χ0) is 19.3. The van der Waals surface area contributed by atoms with E-state index in [1.165, 1.54) is 11.8 Å². The van der Waals surface area contributed by atoms with Crippen molar-refractivity contribution in [1.82, 2.24) is 30.0 Å². The molecule has 0 aromatic carbocycles. The molecule has 3 aromatic rings. The summed E-state index contributed by atoms with van der Waals surface area (Å²) in [6, 6.07) is 3.54. The molecule has 0 saturated carbocycles. The van der Waals surface area contributed by atoms with Gasteiger partial charge in [0.05, 0.1) is 36.9 Å². The number of pyridine rings is 1. The number of hydrogen-bond acceptors (Lipinski definition) is 8. The predicted molar refractivity (Wildman–Crippen MR) is 107 cm³/mol. The van der Waals surface area contributed by atoms with Crippen molar-refractivity contribution in [3.8, 4) is 0 Å². The van der Waals surface area contributed by atoms with Crippen LogP contribution in [0, 0.1) is 0 Å². The van der Waals surface area contributed by atoms with Crippen molar-refractivity contribution in [3.63, 3.8) is 0 Å². The number of carbonyl (C=O) groups is 1. The minimum atomic E-state index is -0.141. The van der Waals surface area contributed by atoms with Gasteiger partial charge in [-0.1, -0.05) is 0 Å². The summed E-state index contributed by atoms with van der Waals surface area (Å²) in [5.41, 5.74) is 1.34. The maximum absolute atomic E-state index is 12.4. The molecule has 0 radical (unpaired) electrons. The van der Waals surface area contributed by atoms with Crippen molar-refractivity contribution >= 4 is 34.5 Å². The zero-order valence-electron chi connectivity index (χ0n) is 15.5. The number of aromatic nitrogens is 5. The van der Waals surface area contributed by atoms with Gasteiger partial charge in [-0.2, -0.15) is 5.10 Å². The van der Waals surface area contributed by atoms with Crippen LogP contribution in [0.3, 0.4) is 0 Å². The number of anilines is 1. The topological polar surface area (TPSA) is 98.1 Å². The molecule has 0 atom stereocenters. The van der Waals surface area contributed by atoms with Crippen molar-refractivity contribution in [2.75, 3.05) is 44.0 Å². The predicted octanol–water partition coefficient (Wildman–Crippen LogP) is 1.21. The standard InChI is InChI=1S/C18H21N7O2S/c1-28-18-13(3-2-4-20-18)17(26)19-5-6-25-16-14(11-23-25)15(21-12-22-16)24-7-9-27-10-8-24/h2-4,11-12H,5-10H2,1H3,(H,19,26). The second kappa shape index (κ2) is 8.53. The third-order valence-corrected chi connectivity index (χ3v) is 5.25. The molecule has 1 fully saturated rings. The van der Waals surface area contributed by atoms with Gasteiger partial charge in [0.15, 0.2) is 5.65 Å². The van der Waals surface area contributed by atoms with Crippen LogP contribution in [-0.2, 0) is 11.3 Å². The van der Waals surface area contributed by atoms with Gasteiger partial charge in [-0.3, -0.25) is 4.79 Å². The number of ether oxygens (including phenoxy) is 1. The van der Waals surface area contributed by atoms with Crippen LogP contribution in [0.5, 0.6) is 0 Å². The smallest absolute Gasteiger partial charge is 0.254 e. The molecule has 1 aliphatic rings. The van der Waals surface area contributed by atoms with E-state index in [1.54, 1.807) is 35.5 Å². The van der Waals surface area contributed by atoms with E-state index in [1.807, 2.05) is 6.26 Å². The van der Waals surface area contributed by atoms with Crippen LogP contribution in [0.2, 0.25) is 0 Å². The molecule has 0 unspecified atom stereocenters. The van der Waals surface area contributed by atoms with Crippen LogP contribution in [0.4, 0.5) is 5.82 Å². The van der Waals surface area contributed by atoms with Gasteiger partial charge < -0.3 is 15.0 Å². The van der Waals surface area contributed by atoms with E-state index in [9.17, 15) is 4.79 Å². The first-order chi connectivity index (χ1) is 13.8. The lowest BCUT2D eigenvalue weighted by atomic mass is 10.2. The summed E-state index contributed by atoms with van der Waals surface area (Å²) in [7, 11) is 0. The Morgan fingerprint density at radius 1 is 1.29 bits per heavy atom. The second-order valence-corrected chi connectivity index (χ2v) is 7.01. The number of rotatable bonds is 6. The monoisotopic (exact) mass is 399 g/mol. The molecule has 0 spiro atoms. The van der Waals surface area contributed by atoms with E-state index in [0.717, 1.165) is 29.9 Å². The highest BCUT2D eigenvalue weighted by Crippen LogP contribution is 2.23. The number of fused-ring (bicyclic) bond motifs is 1. The van der Waals surface area contributed by atoms with Gasteiger partial charge in [0.2, 0.25) is 0 Å². The summed E-state index contributed by atoms with van der Waals surface area (Å²) in [6.07, 6.45) is 6.93. The molecule has 1 saturated heterocycles. The van der Waals surface area contributed by atoms with E-state index in [2.05, 4.69) is 30.3 Å². The zero-order valence-corrected chi connectivity index (χ0v) is 16.4. The maximum Gasteiger partial charge on any atom is 0.254 e. The summed E-state index contributed by atoms with van der Waals surface area (Å²) < 4.78 is 7.21. The first-order valence-electron chi connectivity index (χ1n) is 9.04. The van der Waals surface area contributed by atoms with Crippen LogP contribution < -0.4 is 10.2 Å². The molecular weight excluding hydrogens is 378 g/mol. The van der Waals surface area contributed by atoms with E-state index >= 15 is 0 Å². The molecule has 10 heteroatoms. The normalized spacial score (nSPS) is 14.4. The first kappa shape index (κ1) is 18.6. The third kappa shape index (κ3) is 3.78. The van der Waals surface area contributed by atoms with Gasteiger partial charge in [0.25, 0.3) is 5.91 Å². The van der Waals surface area contributed by atoms with Gasteiger partial charge in [0, 0.05) is 25.8 Å². The lowest BCUT2D eigenvalue weighted by molar-refractivity contribution is 0.0948. The quantitative estimate of drug-likeness (QED) is 0.618. The van der Waals surface area contributed by atoms with E-state index < -0.39 is 0 Å². The Morgan fingerprint density at radius 3 is 2.96 bits per heavy atom. The fourth-order valence-corrected chi connectivity index (χ4v) is 3.72. The van der Waals surface area contributed by atoms with E-state index in [4.69, 9.17) is 4.74 Å². The fraction of sp³-hybridized carbons (Fsp3) is 0.389. The van der Waals surface area contributed by atoms with Gasteiger partial charge in [-0.05, 0) is 18.4 Å². The van der Waals surface area contributed by atoms with Crippen molar-refractivity contribution in [2.45, 2.75) is 11.6 Å². The number of carbonyl (C=O) groups excluding carboxylic acids is 1. The molecule has 3 aromatic heterocycles. The van der Waals surface area contributed by atoms with Crippen molar-refractivity contribution in [2.24, 2.45) is 0 Å². The molecule has 0 bridgehead atoms. The van der Waals surface area contributed by atoms with E-state index in [-0.39, 0.29) is 5.91 Å². The van der Waals surface area contributed by atoms with Crippen LogP contribution >= 0.6 is 11.8 Å². The van der Waals surface area contributed by atoms with E-state index in [0.29, 0.717) is 36.9 Å². The first-order valence-corrected chi connectivity index (χ1v) is 10.3. The molecule has 0 aliphatic carbocycles. The average Bonchev–Trinajstić information content (AvgIpc) is 3.17. The number of nitrogens with one attached hydrogen (secondary N) is 1. The minimum Gasteiger partial charge on any atom is -0.378 e. The van der Waals surface area contributed by atoms with Gasteiger partial charge in [-0.15, -0.1) is 11.8 Å². The van der Waals surface area contributed by atoms with Crippen LogP contribution in [0.1, 0.15) is 10.4 Å². The minimum absolute atomic E-state index is 0.141. The molecule has 1 amide bonds. The highest BCUT2D eigenvalue weighted by atomic mass is 32.2. The largest absolute Gasteiger partial charge is 0.378 e. The average molecular weight is 399 g/mol. The van der Waals surface area contributed by atoms with Gasteiger partial charge in [0.1, 0.15) is 17.2 Å². The van der Waals surface area contributed by atoms with Crippen LogP contribution in [0.25, 0.3) is 11.0 Å². The molecular formula is C18H21N7O2S. The van der Waals surface area contributed by atoms with Crippen molar-refractivity contribution in [3.05, 3.63) is 36.4 Å². The summed E-state index contributed by atoms with van der Waals surface area (Å²) in [5.74, 6) is 0.737. The number of nitrogens with zero attached hydrogens (tertiary/aromatic N) is 6. The lowest BCUT2D eigenvalue weighted by Crippen LogP contribution is -2.36. The Labute approximate surface area is 166 Å². The maximum atomic E-state index is 12.4. The molecule has 9 nitrogen and oxygen atoms in total. The Balaban J connectivity index is 1.45. The summed E-state index contributed by atoms with van der Waals surface area (Å²) in [5, 5.41) is 9.00. The number of morpholine rings is 1. The fourth-order valence-electron chi connectivity index (χ4n) is 3.17. The highest BCUT2D eigenvalue weighted by Gasteiger charge is 2.18. The van der Waals surface area contributed by atoms with Crippen molar-refractivity contribution in [1.29, 1.82) is 0 Å². The molecule has 1 aliphatic heterocycles. The Bertz CT molecular complexity index is 971. The summed E-state index contributed by atoms with van der Waals surface area (Å²) in [4.78, 5) is 27.7. The Morgan fingerprint density at radius 2 is 2.14 bits per heavy atom. The molecule has 146 valence electrons. The number of hydrogen-bond donors (Lipinski definition) is 1. The summed E-state index contributed by atoms with van der Waals surface area (Å²) in [6.45, 7) is 3.95. The van der Waals surface area contributed by atoms with Gasteiger partial charge >= 0.3 is 0 Å². The van der Waals surface area contributed by atoms with Crippen LogP contribution in [-0.4, -0.2) is 69.7 Å². The highest BCUT2D eigenvalue weighted by molar-refractivity contribution is 7.98. The molecule has 4 heterocycles.